The Morgan fingerprint density at radius 1 is 1.09 bits per heavy atom. The number of carbonyl (C=O) groups excluding carboxylic acids is 2. The molecule has 0 aromatic rings. The summed E-state index contributed by atoms with van der Waals surface area (Å²) in [6, 6.07) is 0. The molecule has 3 rings (SSSR count). The zero-order valence-corrected chi connectivity index (χ0v) is 12.5. The number of aldehydes is 1. The van der Waals surface area contributed by atoms with Gasteiger partial charge in [-0.2, -0.15) is 4.89 Å². The number of hydrogen-bond donors (Lipinski definition) is 1. The molecular weight excluding hydrogens is 288 g/mol. The second-order valence-corrected chi connectivity index (χ2v) is 6.94. The summed E-state index contributed by atoms with van der Waals surface area (Å²) in [6.07, 6.45) is 5.56. The van der Waals surface area contributed by atoms with Crippen LogP contribution in [-0.2, 0) is 24.2 Å². The fraction of sp³-hybridized carbons (Fsp3) is 0.812. The Morgan fingerprint density at radius 2 is 1.82 bits per heavy atom. The zero-order valence-electron chi connectivity index (χ0n) is 12.5. The van der Waals surface area contributed by atoms with Crippen LogP contribution in [0.15, 0.2) is 0 Å². The Bertz CT molecular complexity index is 462. The molecule has 2 aliphatic carbocycles. The minimum absolute atomic E-state index is 0.0633. The van der Waals surface area contributed by atoms with Crippen LogP contribution in [0.4, 0.5) is 0 Å². The molecule has 122 valence electrons. The standard InChI is InChI=1S/C16H22O6/c17-7-11-2-1-10(6-14(11)15(18)19)9-3-4-13-12(5-9)8-21-22-16(13)20/h7,9-14H,1-6,8H2,(H,18,19). The Kier molecular flexibility index (Phi) is 4.47. The number of hydrogen-bond acceptors (Lipinski definition) is 5. The lowest BCUT2D eigenvalue weighted by Crippen LogP contribution is -2.42. The van der Waals surface area contributed by atoms with E-state index < -0.39 is 11.9 Å². The van der Waals surface area contributed by atoms with Gasteiger partial charge in [-0.1, -0.05) is 0 Å². The van der Waals surface area contributed by atoms with Crippen molar-refractivity contribution in [3.63, 3.8) is 0 Å². The normalized spacial score (nSPS) is 42.1. The minimum Gasteiger partial charge on any atom is -0.481 e. The predicted octanol–water partition coefficient (Wildman–Crippen LogP) is 1.82. The van der Waals surface area contributed by atoms with Crippen LogP contribution in [0.3, 0.4) is 0 Å². The van der Waals surface area contributed by atoms with Crippen molar-refractivity contribution in [1.29, 1.82) is 0 Å². The van der Waals surface area contributed by atoms with Crippen molar-refractivity contribution in [2.45, 2.75) is 38.5 Å². The molecule has 2 saturated carbocycles. The summed E-state index contributed by atoms with van der Waals surface area (Å²) in [5.41, 5.74) is 0. The van der Waals surface area contributed by atoms with Crippen molar-refractivity contribution >= 4 is 18.2 Å². The van der Waals surface area contributed by atoms with Gasteiger partial charge in [-0.25, -0.2) is 4.79 Å². The molecule has 1 aliphatic heterocycles. The van der Waals surface area contributed by atoms with Crippen LogP contribution in [0.25, 0.3) is 0 Å². The van der Waals surface area contributed by atoms with E-state index in [1.807, 2.05) is 0 Å². The van der Waals surface area contributed by atoms with E-state index in [4.69, 9.17) is 4.89 Å². The lowest BCUT2D eigenvalue weighted by molar-refractivity contribution is -0.306. The van der Waals surface area contributed by atoms with Crippen LogP contribution in [0, 0.1) is 35.5 Å². The van der Waals surface area contributed by atoms with Gasteiger partial charge >= 0.3 is 11.9 Å². The molecular formula is C16H22O6. The van der Waals surface area contributed by atoms with E-state index in [0.717, 1.165) is 32.0 Å². The van der Waals surface area contributed by atoms with Crippen LogP contribution < -0.4 is 0 Å². The average molecular weight is 310 g/mol. The molecule has 1 heterocycles. The SMILES string of the molecule is O=CC1CCC(C2CCC3C(=O)OOCC3C2)CC1C(=O)O. The van der Waals surface area contributed by atoms with Crippen LogP contribution in [0.5, 0.6) is 0 Å². The van der Waals surface area contributed by atoms with Gasteiger partial charge in [0.25, 0.3) is 0 Å². The fourth-order valence-corrected chi connectivity index (χ4v) is 4.57. The fourth-order valence-electron chi connectivity index (χ4n) is 4.57. The molecule has 0 bridgehead atoms. The number of carboxylic acids is 1. The number of fused-ring (bicyclic) bond motifs is 1. The molecule has 1 saturated heterocycles. The summed E-state index contributed by atoms with van der Waals surface area (Å²) < 4.78 is 0. The van der Waals surface area contributed by atoms with Crippen molar-refractivity contribution in [2.75, 3.05) is 6.61 Å². The average Bonchev–Trinajstić information content (AvgIpc) is 2.54. The second-order valence-electron chi connectivity index (χ2n) is 6.94. The molecule has 0 amide bonds. The third kappa shape index (κ3) is 2.89. The molecule has 6 atom stereocenters. The number of carbonyl (C=O) groups is 3. The van der Waals surface area contributed by atoms with Gasteiger partial charge in [-0.05, 0) is 50.4 Å². The van der Waals surface area contributed by atoms with Gasteiger partial charge in [0.05, 0.1) is 18.4 Å². The Balaban J connectivity index is 1.64. The first kappa shape index (κ1) is 15.5. The number of aliphatic carboxylic acids is 1. The summed E-state index contributed by atoms with van der Waals surface area (Å²) in [5, 5.41) is 9.34. The second kappa shape index (κ2) is 6.36. The predicted molar refractivity (Wildman–Crippen MR) is 74.4 cm³/mol. The summed E-state index contributed by atoms with van der Waals surface area (Å²) >= 11 is 0. The first-order valence-corrected chi connectivity index (χ1v) is 8.11. The number of rotatable bonds is 3. The zero-order chi connectivity index (χ0) is 15.7. The van der Waals surface area contributed by atoms with E-state index in [-0.39, 0.29) is 23.7 Å². The highest BCUT2D eigenvalue weighted by Crippen LogP contribution is 2.46. The lowest BCUT2D eigenvalue weighted by atomic mass is 9.63. The number of carboxylic acid groups (broad SMARTS) is 1. The summed E-state index contributed by atoms with van der Waals surface area (Å²) in [7, 11) is 0. The quantitative estimate of drug-likeness (QED) is 0.632. The van der Waals surface area contributed by atoms with Crippen LogP contribution >= 0.6 is 0 Å². The molecule has 3 aliphatic rings. The molecule has 0 aromatic heterocycles. The van der Waals surface area contributed by atoms with Gasteiger partial charge in [0.1, 0.15) is 6.29 Å². The summed E-state index contributed by atoms with van der Waals surface area (Å²) in [4.78, 5) is 43.6. The molecule has 1 N–H and O–H groups in total. The van der Waals surface area contributed by atoms with E-state index in [9.17, 15) is 19.5 Å². The first-order chi connectivity index (χ1) is 10.6. The van der Waals surface area contributed by atoms with E-state index in [2.05, 4.69) is 4.89 Å². The first-order valence-electron chi connectivity index (χ1n) is 8.11. The molecule has 0 spiro atoms. The third-order valence-corrected chi connectivity index (χ3v) is 5.85. The van der Waals surface area contributed by atoms with Crippen LogP contribution in [0.2, 0.25) is 0 Å². The van der Waals surface area contributed by atoms with Crippen molar-refractivity contribution in [1.82, 2.24) is 0 Å². The van der Waals surface area contributed by atoms with Gasteiger partial charge in [-0.3, -0.25) is 9.68 Å². The molecule has 3 fully saturated rings. The van der Waals surface area contributed by atoms with Crippen molar-refractivity contribution in [3.05, 3.63) is 0 Å². The highest BCUT2D eigenvalue weighted by Gasteiger charge is 2.44. The monoisotopic (exact) mass is 310 g/mol. The Morgan fingerprint density at radius 3 is 2.55 bits per heavy atom. The van der Waals surface area contributed by atoms with E-state index in [1.165, 1.54) is 0 Å². The minimum atomic E-state index is -0.861. The van der Waals surface area contributed by atoms with E-state index in [0.29, 0.717) is 31.3 Å². The summed E-state index contributed by atoms with van der Waals surface area (Å²) in [5.74, 6) is -1.15. The maximum absolute atomic E-state index is 11.7. The third-order valence-electron chi connectivity index (χ3n) is 5.85. The lowest BCUT2D eigenvalue weighted by Gasteiger charge is -2.42. The highest BCUT2D eigenvalue weighted by molar-refractivity contribution is 5.75. The van der Waals surface area contributed by atoms with E-state index >= 15 is 0 Å². The van der Waals surface area contributed by atoms with Gasteiger partial charge in [-0.15, -0.1) is 0 Å². The van der Waals surface area contributed by atoms with E-state index in [1.54, 1.807) is 0 Å². The largest absolute Gasteiger partial charge is 0.481 e. The molecule has 6 unspecified atom stereocenters. The van der Waals surface area contributed by atoms with Gasteiger partial charge in [0.15, 0.2) is 0 Å². The smallest absolute Gasteiger partial charge is 0.345 e. The molecule has 0 aromatic carbocycles. The van der Waals surface area contributed by atoms with Gasteiger partial charge < -0.3 is 9.90 Å². The molecule has 0 radical (unpaired) electrons. The maximum Gasteiger partial charge on any atom is 0.345 e. The van der Waals surface area contributed by atoms with Crippen molar-refractivity contribution in [2.24, 2.45) is 35.5 Å². The van der Waals surface area contributed by atoms with Crippen LogP contribution in [0.1, 0.15) is 38.5 Å². The molecule has 22 heavy (non-hydrogen) atoms. The van der Waals surface area contributed by atoms with Gasteiger partial charge in [0.2, 0.25) is 0 Å². The van der Waals surface area contributed by atoms with Crippen molar-refractivity contribution in [3.8, 4) is 0 Å². The summed E-state index contributed by atoms with van der Waals surface area (Å²) in [6.45, 7) is 0.443. The maximum atomic E-state index is 11.7. The molecule has 6 nitrogen and oxygen atoms in total. The Hall–Kier alpha value is -1.43. The highest BCUT2D eigenvalue weighted by atomic mass is 17.2. The van der Waals surface area contributed by atoms with Crippen LogP contribution in [-0.4, -0.2) is 29.9 Å². The topological polar surface area (TPSA) is 89.9 Å². The molecule has 6 heteroatoms. The Labute approximate surface area is 129 Å². The van der Waals surface area contributed by atoms with Gasteiger partial charge in [0, 0.05) is 11.8 Å². The van der Waals surface area contributed by atoms with Crippen molar-refractivity contribution < 1.29 is 29.3 Å².